The first-order valence-corrected chi connectivity index (χ1v) is 5.53. The first-order chi connectivity index (χ1) is 7.48. The average Bonchev–Trinajstić information content (AvgIpc) is 2.26. The Morgan fingerprint density at radius 3 is 2.38 bits per heavy atom. The molecule has 0 saturated carbocycles. The molecule has 88 valence electrons. The molecule has 0 saturated heterocycles. The van der Waals surface area contributed by atoms with E-state index in [-0.39, 0.29) is 11.7 Å². The van der Waals surface area contributed by atoms with E-state index < -0.39 is 5.41 Å². The Labute approximate surface area is 95.9 Å². The number of hydrogen-bond acceptors (Lipinski definition) is 1. The van der Waals surface area contributed by atoms with Crippen LogP contribution in [-0.4, -0.2) is 12.5 Å². The molecule has 0 aromatic heterocycles. The van der Waals surface area contributed by atoms with Crippen molar-refractivity contribution in [1.29, 1.82) is 0 Å². The molecule has 3 heteroatoms. The fourth-order valence-corrected chi connectivity index (χ4v) is 1.46. The highest BCUT2D eigenvalue weighted by atomic mass is 19.1. The minimum absolute atomic E-state index is 0.0269. The van der Waals surface area contributed by atoms with Gasteiger partial charge in [0, 0.05) is 6.54 Å². The van der Waals surface area contributed by atoms with Crippen LogP contribution in [-0.2, 0) is 10.2 Å². The minimum atomic E-state index is -0.622. The lowest BCUT2D eigenvalue weighted by atomic mass is 9.83. The van der Waals surface area contributed by atoms with Crippen molar-refractivity contribution in [3.63, 3.8) is 0 Å². The van der Waals surface area contributed by atoms with E-state index in [1.807, 2.05) is 20.8 Å². The van der Waals surface area contributed by atoms with Crippen molar-refractivity contribution in [2.45, 2.75) is 32.6 Å². The van der Waals surface area contributed by atoms with Gasteiger partial charge in [0.15, 0.2) is 0 Å². The lowest BCUT2D eigenvalue weighted by molar-refractivity contribution is -0.125. The van der Waals surface area contributed by atoms with E-state index in [9.17, 15) is 9.18 Å². The summed E-state index contributed by atoms with van der Waals surface area (Å²) in [5.41, 5.74) is 0.200. The topological polar surface area (TPSA) is 29.1 Å². The molecule has 1 N–H and O–H groups in total. The zero-order valence-electron chi connectivity index (χ0n) is 10.0. The highest BCUT2D eigenvalue weighted by Gasteiger charge is 2.29. The monoisotopic (exact) mass is 223 g/mol. The summed E-state index contributed by atoms with van der Waals surface area (Å²) in [6.45, 7) is 6.35. The highest BCUT2D eigenvalue weighted by Crippen LogP contribution is 2.23. The van der Waals surface area contributed by atoms with E-state index in [0.717, 1.165) is 12.0 Å². The van der Waals surface area contributed by atoms with Gasteiger partial charge >= 0.3 is 0 Å². The Morgan fingerprint density at radius 1 is 1.31 bits per heavy atom. The normalized spacial score (nSPS) is 11.2. The summed E-state index contributed by atoms with van der Waals surface area (Å²) in [5.74, 6) is -0.311. The SMILES string of the molecule is CCCNC(=O)C(C)(C)c1ccc(F)cc1. The van der Waals surface area contributed by atoms with Crippen LogP contribution in [0.2, 0.25) is 0 Å². The molecule has 0 fully saturated rings. The molecule has 16 heavy (non-hydrogen) atoms. The van der Waals surface area contributed by atoms with Crippen molar-refractivity contribution in [3.8, 4) is 0 Å². The lowest BCUT2D eigenvalue weighted by Crippen LogP contribution is -2.40. The molecule has 1 amide bonds. The minimum Gasteiger partial charge on any atom is -0.355 e. The van der Waals surface area contributed by atoms with Crippen molar-refractivity contribution in [2.75, 3.05) is 6.54 Å². The van der Waals surface area contributed by atoms with E-state index in [1.54, 1.807) is 12.1 Å². The maximum Gasteiger partial charge on any atom is 0.230 e. The molecule has 0 bridgehead atoms. The first kappa shape index (κ1) is 12.7. The van der Waals surface area contributed by atoms with Crippen LogP contribution in [0.25, 0.3) is 0 Å². The number of amides is 1. The molecule has 0 aliphatic carbocycles. The number of hydrogen-bond donors (Lipinski definition) is 1. The summed E-state index contributed by atoms with van der Waals surface area (Å²) in [6.07, 6.45) is 0.908. The van der Waals surface area contributed by atoms with Crippen LogP contribution < -0.4 is 5.32 Å². The predicted octanol–water partition coefficient (Wildman–Crippen LogP) is 2.63. The zero-order chi connectivity index (χ0) is 12.2. The summed E-state index contributed by atoms with van der Waals surface area (Å²) < 4.78 is 12.8. The van der Waals surface area contributed by atoms with Crippen molar-refractivity contribution >= 4 is 5.91 Å². The van der Waals surface area contributed by atoms with Crippen LogP contribution in [0, 0.1) is 5.82 Å². The van der Waals surface area contributed by atoms with Gasteiger partial charge in [0.25, 0.3) is 0 Å². The van der Waals surface area contributed by atoms with Gasteiger partial charge in [-0.25, -0.2) is 4.39 Å². The predicted molar refractivity (Wildman–Crippen MR) is 62.7 cm³/mol. The van der Waals surface area contributed by atoms with E-state index >= 15 is 0 Å². The van der Waals surface area contributed by atoms with Crippen LogP contribution in [0.1, 0.15) is 32.8 Å². The molecule has 2 nitrogen and oxygen atoms in total. The van der Waals surface area contributed by atoms with Crippen molar-refractivity contribution < 1.29 is 9.18 Å². The Balaban J connectivity index is 2.83. The molecule has 0 aliphatic heterocycles. The fraction of sp³-hybridized carbons (Fsp3) is 0.462. The summed E-state index contributed by atoms with van der Waals surface area (Å²) in [6, 6.07) is 6.07. The van der Waals surface area contributed by atoms with Gasteiger partial charge in [-0.2, -0.15) is 0 Å². The zero-order valence-corrected chi connectivity index (χ0v) is 10.0. The molecular formula is C13H18FNO. The molecule has 0 heterocycles. The molecule has 1 rings (SSSR count). The number of carbonyl (C=O) groups excluding carboxylic acids is 1. The third kappa shape index (κ3) is 2.81. The second-order valence-electron chi connectivity index (χ2n) is 4.39. The molecule has 0 radical (unpaired) electrons. The lowest BCUT2D eigenvalue weighted by Gasteiger charge is -2.24. The number of rotatable bonds is 4. The largest absolute Gasteiger partial charge is 0.355 e. The summed E-state index contributed by atoms with van der Waals surface area (Å²) >= 11 is 0. The average molecular weight is 223 g/mol. The highest BCUT2D eigenvalue weighted by molar-refractivity contribution is 5.87. The second-order valence-corrected chi connectivity index (χ2v) is 4.39. The van der Waals surface area contributed by atoms with Gasteiger partial charge in [0.1, 0.15) is 5.82 Å². The third-order valence-electron chi connectivity index (χ3n) is 2.67. The van der Waals surface area contributed by atoms with Gasteiger partial charge in [0.05, 0.1) is 5.41 Å². The molecule has 1 aromatic rings. The van der Waals surface area contributed by atoms with Crippen molar-refractivity contribution in [3.05, 3.63) is 35.6 Å². The van der Waals surface area contributed by atoms with E-state index in [0.29, 0.717) is 6.54 Å². The van der Waals surface area contributed by atoms with Gasteiger partial charge in [-0.15, -0.1) is 0 Å². The standard InChI is InChI=1S/C13H18FNO/c1-4-9-15-12(16)13(2,3)10-5-7-11(14)8-6-10/h5-8H,4,9H2,1-3H3,(H,15,16). The summed E-state index contributed by atoms with van der Waals surface area (Å²) in [4.78, 5) is 11.9. The molecule has 1 aromatic carbocycles. The van der Waals surface area contributed by atoms with Gasteiger partial charge < -0.3 is 5.32 Å². The van der Waals surface area contributed by atoms with E-state index in [1.165, 1.54) is 12.1 Å². The van der Waals surface area contributed by atoms with Gasteiger partial charge in [0.2, 0.25) is 5.91 Å². The van der Waals surface area contributed by atoms with Crippen LogP contribution in [0.4, 0.5) is 4.39 Å². The Morgan fingerprint density at radius 2 is 1.88 bits per heavy atom. The van der Waals surface area contributed by atoms with Crippen LogP contribution in [0.5, 0.6) is 0 Å². The van der Waals surface area contributed by atoms with Gasteiger partial charge in [-0.05, 0) is 38.0 Å². The molecule has 0 unspecified atom stereocenters. The van der Waals surface area contributed by atoms with Crippen molar-refractivity contribution in [2.24, 2.45) is 0 Å². The van der Waals surface area contributed by atoms with E-state index in [4.69, 9.17) is 0 Å². The number of nitrogens with one attached hydrogen (secondary N) is 1. The third-order valence-corrected chi connectivity index (χ3v) is 2.67. The summed E-state index contributed by atoms with van der Waals surface area (Å²) in [5, 5.41) is 2.85. The fourth-order valence-electron chi connectivity index (χ4n) is 1.46. The number of benzene rings is 1. The van der Waals surface area contributed by atoms with Crippen LogP contribution >= 0.6 is 0 Å². The van der Waals surface area contributed by atoms with Crippen LogP contribution in [0.3, 0.4) is 0 Å². The number of halogens is 1. The molecular weight excluding hydrogens is 205 g/mol. The maximum absolute atomic E-state index is 12.8. The quantitative estimate of drug-likeness (QED) is 0.835. The maximum atomic E-state index is 12.8. The molecule has 0 atom stereocenters. The van der Waals surface area contributed by atoms with Gasteiger partial charge in [-0.3, -0.25) is 4.79 Å². The Hall–Kier alpha value is -1.38. The first-order valence-electron chi connectivity index (χ1n) is 5.53. The van der Waals surface area contributed by atoms with E-state index in [2.05, 4.69) is 5.32 Å². The summed E-state index contributed by atoms with van der Waals surface area (Å²) in [7, 11) is 0. The van der Waals surface area contributed by atoms with Crippen molar-refractivity contribution in [1.82, 2.24) is 5.32 Å². The van der Waals surface area contributed by atoms with Crippen LogP contribution in [0.15, 0.2) is 24.3 Å². The van der Waals surface area contributed by atoms with Gasteiger partial charge in [-0.1, -0.05) is 19.1 Å². The molecule has 0 spiro atoms. The number of carbonyl (C=O) groups is 1. The molecule has 0 aliphatic rings. The Kier molecular flexibility index (Phi) is 4.05. The second kappa shape index (κ2) is 5.10. The Bertz CT molecular complexity index is 357. The smallest absolute Gasteiger partial charge is 0.230 e.